The van der Waals surface area contributed by atoms with Crippen LogP contribution in [0.25, 0.3) is 0 Å². The molecule has 0 spiro atoms. The van der Waals surface area contributed by atoms with Crippen molar-refractivity contribution in [3.63, 3.8) is 0 Å². The SMILES string of the molecule is CC#CC(=O)Nc1ccc(C(=O)O)cc1Cl. The fourth-order valence-corrected chi connectivity index (χ4v) is 1.24. The van der Waals surface area contributed by atoms with Crippen LogP contribution in [-0.2, 0) is 4.79 Å². The number of nitrogens with one attached hydrogen (secondary N) is 1. The highest BCUT2D eigenvalue weighted by atomic mass is 35.5. The van der Waals surface area contributed by atoms with Gasteiger partial charge in [-0.05, 0) is 31.0 Å². The van der Waals surface area contributed by atoms with Crippen LogP contribution in [0, 0.1) is 11.8 Å². The maximum absolute atomic E-state index is 11.1. The molecule has 1 aromatic rings. The van der Waals surface area contributed by atoms with E-state index in [1.165, 1.54) is 25.1 Å². The lowest BCUT2D eigenvalue weighted by Gasteiger charge is -2.04. The third-order valence-corrected chi connectivity index (χ3v) is 2.02. The lowest BCUT2D eigenvalue weighted by molar-refractivity contribution is -0.111. The molecule has 0 aromatic heterocycles. The molecule has 1 aromatic carbocycles. The van der Waals surface area contributed by atoms with Crippen LogP contribution in [0.3, 0.4) is 0 Å². The third kappa shape index (κ3) is 3.01. The van der Waals surface area contributed by atoms with Crippen molar-refractivity contribution < 1.29 is 14.7 Å². The molecule has 1 rings (SSSR count). The number of halogens is 1. The maximum atomic E-state index is 11.1. The van der Waals surface area contributed by atoms with Crippen molar-refractivity contribution in [1.82, 2.24) is 0 Å². The first-order chi connectivity index (χ1) is 7.54. The average molecular weight is 238 g/mol. The Morgan fingerprint density at radius 3 is 2.62 bits per heavy atom. The van der Waals surface area contributed by atoms with Gasteiger partial charge >= 0.3 is 5.97 Å². The molecule has 0 saturated heterocycles. The van der Waals surface area contributed by atoms with E-state index in [1.54, 1.807) is 0 Å². The monoisotopic (exact) mass is 237 g/mol. The zero-order chi connectivity index (χ0) is 12.1. The van der Waals surface area contributed by atoms with Crippen molar-refractivity contribution in [2.24, 2.45) is 0 Å². The van der Waals surface area contributed by atoms with Crippen molar-refractivity contribution in [3.8, 4) is 11.8 Å². The van der Waals surface area contributed by atoms with Crippen LogP contribution >= 0.6 is 11.6 Å². The molecule has 4 nitrogen and oxygen atoms in total. The number of carboxylic acid groups (broad SMARTS) is 1. The summed E-state index contributed by atoms with van der Waals surface area (Å²) < 4.78 is 0. The van der Waals surface area contributed by atoms with E-state index in [9.17, 15) is 9.59 Å². The van der Waals surface area contributed by atoms with Gasteiger partial charge in [-0.3, -0.25) is 4.79 Å². The predicted molar refractivity (Wildman–Crippen MR) is 60.5 cm³/mol. The van der Waals surface area contributed by atoms with Crippen LogP contribution in [0.5, 0.6) is 0 Å². The summed E-state index contributed by atoms with van der Waals surface area (Å²) in [5, 5.41) is 11.3. The van der Waals surface area contributed by atoms with E-state index < -0.39 is 11.9 Å². The number of hydrogen-bond acceptors (Lipinski definition) is 2. The smallest absolute Gasteiger partial charge is 0.335 e. The third-order valence-electron chi connectivity index (χ3n) is 1.70. The van der Waals surface area contributed by atoms with Gasteiger partial charge in [0, 0.05) is 0 Å². The topological polar surface area (TPSA) is 66.4 Å². The number of hydrogen-bond donors (Lipinski definition) is 2. The van der Waals surface area contributed by atoms with Gasteiger partial charge in [-0.1, -0.05) is 17.5 Å². The summed E-state index contributed by atoms with van der Waals surface area (Å²) in [7, 11) is 0. The molecule has 0 bridgehead atoms. The van der Waals surface area contributed by atoms with E-state index >= 15 is 0 Å². The summed E-state index contributed by atoms with van der Waals surface area (Å²) in [5.74, 6) is 3.15. The molecule has 0 radical (unpaired) electrons. The van der Waals surface area contributed by atoms with Crippen LogP contribution in [0.4, 0.5) is 5.69 Å². The summed E-state index contributed by atoms with van der Waals surface area (Å²) in [6, 6.07) is 4.03. The Morgan fingerprint density at radius 2 is 2.12 bits per heavy atom. The van der Waals surface area contributed by atoms with Gasteiger partial charge in [0.15, 0.2) is 0 Å². The van der Waals surface area contributed by atoms with Crippen LogP contribution in [0.1, 0.15) is 17.3 Å². The number of aromatic carboxylic acids is 1. The minimum absolute atomic E-state index is 0.0598. The second-order valence-electron chi connectivity index (χ2n) is 2.83. The molecular weight excluding hydrogens is 230 g/mol. The average Bonchev–Trinajstić information content (AvgIpc) is 2.21. The van der Waals surface area contributed by atoms with Crippen molar-refractivity contribution in [1.29, 1.82) is 0 Å². The number of carbonyl (C=O) groups is 2. The van der Waals surface area contributed by atoms with Gasteiger partial charge in [-0.25, -0.2) is 4.79 Å². The highest BCUT2D eigenvalue weighted by Crippen LogP contribution is 2.22. The molecule has 0 heterocycles. The van der Waals surface area contributed by atoms with Gasteiger partial charge in [-0.2, -0.15) is 0 Å². The standard InChI is InChI=1S/C11H8ClNO3/c1-2-3-10(14)13-9-5-4-7(11(15)16)6-8(9)12/h4-6H,1H3,(H,13,14)(H,15,16). The summed E-state index contributed by atoms with van der Waals surface area (Å²) >= 11 is 5.79. The Bertz CT molecular complexity index is 500. The molecule has 0 aliphatic carbocycles. The van der Waals surface area contributed by atoms with E-state index in [4.69, 9.17) is 16.7 Å². The second kappa shape index (κ2) is 5.19. The van der Waals surface area contributed by atoms with Crippen molar-refractivity contribution in [2.45, 2.75) is 6.92 Å². The molecule has 0 fully saturated rings. The molecule has 0 aliphatic heterocycles. The van der Waals surface area contributed by atoms with Crippen LogP contribution in [-0.4, -0.2) is 17.0 Å². The molecule has 5 heteroatoms. The summed E-state index contributed by atoms with van der Waals surface area (Å²) in [4.78, 5) is 21.7. The Labute approximate surface area is 97.2 Å². The highest BCUT2D eigenvalue weighted by molar-refractivity contribution is 6.34. The molecule has 0 saturated carbocycles. The molecule has 16 heavy (non-hydrogen) atoms. The molecule has 1 amide bonds. The number of anilines is 1. The zero-order valence-electron chi connectivity index (χ0n) is 8.37. The molecule has 82 valence electrons. The second-order valence-corrected chi connectivity index (χ2v) is 3.24. The van der Waals surface area contributed by atoms with Gasteiger partial charge in [0.05, 0.1) is 16.3 Å². The Balaban J connectivity index is 2.94. The predicted octanol–water partition coefficient (Wildman–Crippen LogP) is 2.00. The van der Waals surface area contributed by atoms with Crippen LogP contribution in [0.2, 0.25) is 5.02 Å². The van der Waals surface area contributed by atoms with E-state index in [0.717, 1.165) is 0 Å². The van der Waals surface area contributed by atoms with Crippen LogP contribution in [0.15, 0.2) is 18.2 Å². The van der Waals surface area contributed by atoms with Crippen LogP contribution < -0.4 is 5.32 Å². The Hall–Kier alpha value is -1.99. The van der Waals surface area contributed by atoms with Gasteiger partial charge in [0.25, 0.3) is 5.91 Å². The first-order valence-corrected chi connectivity index (χ1v) is 4.69. The fourth-order valence-electron chi connectivity index (χ4n) is 1.02. The first-order valence-electron chi connectivity index (χ1n) is 4.31. The molecule has 0 unspecified atom stereocenters. The normalized spacial score (nSPS) is 8.88. The number of rotatable bonds is 2. The lowest BCUT2D eigenvalue weighted by Crippen LogP contribution is -2.09. The molecular formula is C11H8ClNO3. The van der Waals surface area contributed by atoms with Crippen molar-refractivity contribution in [2.75, 3.05) is 5.32 Å². The van der Waals surface area contributed by atoms with Crippen molar-refractivity contribution in [3.05, 3.63) is 28.8 Å². The van der Waals surface area contributed by atoms with Crippen molar-refractivity contribution >= 4 is 29.2 Å². The summed E-state index contributed by atoms with van der Waals surface area (Å²) in [5.41, 5.74) is 0.393. The van der Waals surface area contributed by atoms with E-state index in [0.29, 0.717) is 5.69 Å². The van der Waals surface area contributed by atoms with Gasteiger partial charge < -0.3 is 10.4 Å². The number of amides is 1. The quantitative estimate of drug-likeness (QED) is 0.773. The first kappa shape index (κ1) is 12.1. The lowest BCUT2D eigenvalue weighted by atomic mass is 10.2. The summed E-state index contributed by atoms with van der Waals surface area (Å²) in [6.07, 6.45) is 0. The minimum Gasteiger partial charge on any atom is -0.478 e. The number of carboxylic acids is 1. The zero-order valence-corrected chi connectivity index (χ0v) is 9.13. The minimum atomic E-state index is -1.08. The highest BCUT2D eigenvalue weighted by Gasteiger charge is 2.08. The molecule has 0 atom stereocenters. The van der Waals surface area contributed by atoms with E-state index in [1.807, 2.05) is 0 Å². The fraction of sp³-hybridized carbons (Fsp3) is 0.0909. The Kier molecular flexibility index (Phi) is 3.92. The van der Waals surface area contributed by atoms with Gasteiger partial charge in [-0.15, -0.1) is 0 Å². The number of carbonyl (C=O) groups excluding carboxylic acids is 1. The molecule has 2 N–H and O–H groups in total. The largest absolute Gasteiger partial charge is 0.478 e. The van der Waals surface area contributed by atoms with Gasteiger partial charge in [0.1, 0.15) is 0 Å². The Morgan fingerprint density at radius 1 is 1.44 bits per heavy atom. The maximum Gasteiger partial charge on any atom is 0.335 e. The van der Waals surface area contributed by atoms with E-state index in [2.05, 4.69) is 17.2 Å². The number of benzene rings is 1. The molecule has 0 aliphatic rings. The van der Waals surface area contributed by atoms with Gasteiger partial charge in [0.2, 0.25) is 0 Å². The van der Waals surface area contributed by atoms with E-state index in [-0.39, 0.29) is 10.6 Å². The summed E-state index contributed by atoms with van der Waals surface area (Å²) in [6.45, 7) is 1.54.